The van der Waals surface area contributed by atoms with E-state index in [-0.39, 0.29) is 12.0 Å². The summed E-state index contributed by atoms with van der Waals surface area (Å²) in [5.41, 5.74) is 0.895. The predicted octanol–water partition coefficient (Wildman–Crippen LogP) is 3.06. The lowest BCUT2D eigenvalue weighted by Crippen LogP contribution is -2.50. The number of ether oxygens (including phenoxy) is 2. The van der Waals surface area contributed by atoms with Crippen LogP contribution in [0.3, 0.4) is 0 Å². The molecule has 1 aliphatic heterocycles. The van der Waals surface area contributed by atoms with Crippen LogP contribution in [-0.2, 0) is 4.74 Å². The van der Waals surface area contributed by atoms with Gasteiger partial charge in [0.1, 0.15) is 11.4 Å². The minimum Gasteiger partial charge on any atom is -0.496 e. The van der Waals surface area contributed by atoms with Gasteiger partial charge in [0.2, 0.25) is 11.7 Å². The molecule has 0 unspecified atom stereocenters. The van der Waals surface area contributed by atoms with Crippen LogP contribution in [0.15, 0.2) is 22.7 Å². The summed E-state index contributed by atoms with van der Waals surface area (Å²) in [5, 5.41) is 4.03. The van der Waals surface area contributed by atoms with Crippen molar-refractivity contribution in [3.63, 3.8) is 0 Å². The number of hydrogen-bond donors (Lipinski definition) is 0. The van der Waals surface area contributed by atoms with Crippen molar-refractivity contribution in [3.8, 4) is 29.5 Å². The third kappa shape index (κ3) is 3.64. The molecule has 0 N–H and O–H groups in total. The van der Waals surface area contributed by atoms with Crippen LogP contribution in [-0.4, -0.2) is 46.9 Å². The van der Waals surface area contributed by atoms with Crippen LogP contribution in [0.2, 0.25) is 0 Å². The van der Waals surface area contributed by atoms with Gasteiger partial charge in [-0.1, -0.05) is 11.1 Å². The van der Waals surface area contributed by atoms with Crippen molar-refractivity contribution in [1.29, 1.82) is 0 Å². The summed E-state index contributed by atoms with van der Waals surface area (Å²) >= 11 is 0. The number of methoxy groups -OCH3 is 1. The number of amides is 1. The zero-order valence-corrected chi connectivity index (χ0v) is 15.3. The second-order valence-electron chi connectivity index (χ2n) is 7.10. The maximum absolute atomic E-state index is 12.0. The number of hydrogen-bond acceptors (Lipinski definition) is 6. The van der Waals surface area contributed by atoms with Crippen LogP contribution in [0.4, 0.5) is 4.79 Å². The quantitative estimate of drug-likeness (QED) is 0.788. The molecule has 2 aromatic rings. The Balaban J connectivity index is 1.69. The summed E-state index contributed by atoms with van der Waals surface area (Å²) in [6.45, 7) is 6.50. The number of carbonyl (C=O) groups excluding carboxylic acids is 1. The van der Waals surface area contributed by atoms with E-state index in [0.717, 1.165) is 0 Å². The largest absolute Gasteiger partial charge is 0.496 e. The van der Waals surface area contributed by atoms with Crippen LogP contribution in [0, 0.1) is 12.3 Å². The average molecular weight is 355 g/mol. The van der Waals surface area contributed by atoms with Crippen molar-refractivity contribution in [2.75, 3.05) is 20.2 Å². The molecule has 1 saturated heterocycles. The summed E-state index contributed by atoms with van der Waals surface area (Å²) in [7, 11) is 1.56. The molecule has 7 nitrogen and oxygen atoms in total. The van der Waals surface area contributed by atoms with Crippen molar-refractivity contribution >= 4 is 6.09 Å². The number of benzene rings is 1. The predicted molar refractivity (Wildman–Crippen MR) is 94.8 cm³/mol. The van der Waals surface area contributed by atoms with E-state index >= 15 is 0 Å². The highest BCUT2D eigenvalue weighted by Crippen LogP contribution is 2.32. The third-order valence-electron chi connectivity index (χ3n) is 3.93. The van der Waals surface area contributed by atoms with E-state index in [2.05, 4.69) is 16.1 Å². The molecule has 1 fully saturated rings. The van der Waals surface area contributed by atoms with E-state index in [4.69, 9.17) is 20.4 Å². The number of aromatic nitrogens is 2. The van der Waals surface area contributed by atoms with Crippen LogP contribution in [0.25, 0.3) is 11.4 Å². The molecule has 0 aliphatic carbocycles. The van der Waals surface area contributed by atoms with Crippen LogP contribution >= 0.6 is 0 Å². The fraction of sp³-hybridized carbons (Fsp3) is 0.421. The molecule has 0 bridgehead atoms. The summed E-state index contributed by atoms with van der Waals surface area (Å²) in [5.74, 6) is 4.06. The number of terminal acetylenes is 1. The molecular formula is C19H21N3O4. The van der Waals surface area contributed by atoms with Gasteiger partial charge in [0.15, 0.2) is 0 Å². The Hall–Kier alpha value is -3.01. The van der Waals surface area contributed by atoms with E-state index in [1.165, 1.54) is 0 Å². The minimum absolute atomic E-state index is 0.000236. The van der Waals surface area contributed by atoms with Gasteiger partial charge in [-0.25, -0.2) is 4.79 Å². The Labute approximate surface area is 152 Å². The number of rotatable bonds is 3. The van der Waals surface area contributed by atoms with E-state index in [9.17, 15) is 4.79 Å². The Kier molecular flexibility index (Phi) is 4.60. The highest BCUT2D eigenvalue weighted by atomic mass is 16.6. The zero-order valence-electron chi connectivity index (χ0n) is 15.3. The Morgan fingerprint density at radius 3 is 2.73 bits per heavy atom. The normalized spacial score (nSPS) is 14.5. The summed E-state index contributed by atoms with van der Waals surface area (Å²) < 4.78 is 16.1. The molecule has 7 heteroatoms. The van der Waals surface area contributed by atoms with Gasteiger partial charge in [-0.15, -0.1) is 6.42 Å². The topological polar surface area (TPSA) is 77.7 Å². The molecule has 1 aromatic carbocycles. The third-order valence-corrected chi connectivity index (χ3v) is 3.93. The van der Waals surface area contributed by atoms with Gasteiger partial charge >= 0.3 is 6.09 Å². The van der Waals surface area contributed by atoms with E-state index in [1.54, 1.807) is 30.2 Å². The maximum atomic E-state index is 12.0. The maximum Gasteiger partial charge on any atom is 0.410 e. The lowest BCUT2D eigenvalue weighted by Gasteiger charge is -2.37. The average Bonchev–Trinajstić information content (AvgIpc) is 3.00. The van der Waals surface area contributed by atoms with E-state index < -0.39 is 5.60 Å². The first-order chi connectivity index (χ1) is 12.3. The van der Waals surface area contributed by atoms with Crippen LogP contribution in [0.1, 0.15) is 38.1 Å². The van der Waals surface area contributed by atoms with E-state index in [0.29, 0.717) is 41.7 Å². The standard InChI is InChI=1S/C19H21N3O4/c1-6-12-7-8-14(15(9-12)24-5)16-20-17(26-21-16)13-10-22(11-13)18(23)25-19(2,3)4/h1,7-9,13H,10-11H2,2-5H3. The van der Waals surface area contributed by atoms with Crippen molar-refractivity contribution in [2.24, 2.45) is 0 Å². The molecular weight excluding hydrogens is 334 g/mol. The molecule has 0 atom stereocenters. The van der Waals surface area contributed by atoms with Crippen LogP contribution < -0.4 is 4.74 Å². The van der Waals surface area contributed by atoms with Crippen molar-refractivity contribution in [2.45, 2.75) is 32.3 Å². The van der Waals surface area contributed by atoms with Gasteiger partial charge in [-0.2, -0.15) is 4.98 Å². The summed E-state index contributed by atoms with van der Waals surface area (Å²) in [6, 6.07) is 5.34. The van der Waals surface area contributed by atoms with Gasteiger partial charge in [0.05, 0.1) is 18.6 Å². The SMILES string of the molecule is C#Cc1ccc(-c2noc(C3CN(C(=O)OC(C)(C)C)C3)n2)c(OC)c1. The number of likely N-dealkylation sites (tertiary alicyclic amines) is 1. The second-order valence-corrected chi connectivity index (χ2v) is 7.10. The first-order valence-electron chi connectivity index (χ1n) is 8.27. The van der Waals surface area contributed by atoms with Crippen molar-refractivity contribution < 1.29 is 18.8 Å². The summed E-state index contributed by atoms with van der Waals surface area (Å²) in [4.78, 5) is 18.1. The Morgan fingerprint density at radius 1 is 1.38 bits per heavy atom. The molecule has 3 rings (SSSR count). The summed E-state index contributed by atoms with van der Waals surface area (Å²) in [6.07, 6.45) is 5.08. The van der Waals surface area contributed by atoms with E-state index in [1.807, 2.05) is 20.8 Å². The van der Waals surface area contributed by atoms with Gasteiger partial charge in [-0.05, 0) is 39.0 Å². The molecule has 1 aliphatic rings. The monoisotopic (exact) mass is 355 g/mol. The number of nitrogens with zero attached hydrogens (tertiary/aromatic N) is 3. The van der Waals surface area contributed by atoms with Crippen LogP contribution in [0.5, 0.6) is 5.75 Å². The van der Waals surface area contributed by atoms with Crippen molar-refractivity contribution in [3.05, 3.63) is 29.7 Å². The smallest absolute Gasteiger partial charge is 0.410 e. The van der Waals surface area contributed by atoms with Crippen molar-refractivity contribution in [1.82, 2.24) is 15.0 Å². The second kappa shape index (κ2) is 6.71. The lowest BCUT2D eigenvalue weighted by atomic mass is 10.0. The molecule has 1 amide bonds. The Morgan fingerprint density at radius 2 is 2.12 bits per heavy atom. The molecule has 0 saturated carbocycles. The zero-order chi connectivity index (χ0) is 18.9. The molecule has 2 heterocycles. The first kappa shape index (κ1) is 17.8. The first-order valence-corrected chi connectivity index (χ1v) is 8.27. The van der Waals surface area contributed by atoms with Gasteiger partial charge in [-0.3, -0.25) is 0 Å². The molecule has 1 aromatic heterocycles. The van der Waals surface area contributed by atoms with Gasteiger partial charge in [0.25, 0.3) is 0 Å². The molecule has 26 heavy (non-hydrogen) atoms. The fourth-order valence-electron chi connectivity index (χ4n) is 2.59. The highest BCUT2D eigenvalue weighted by molar-refractivity contribution is 5.69. The van der Waals surface area contributed by atoms with Gasteiger partial charge in [0, 0.05) is 18.7 Å². The molecule has 136 valence electrons. The lowest BCUT2D eigenvalue weighted by molar-refractivity contribution is 0.00558. The molecule has 0 radical (unpaired) electrons. The highest BCUT2D eigenvalue weighted by Gasteiger charge is 2.38. The Bertz CT molecular complexity index is 854. The molecule has 0 spiro atoms. The fourth-order valence-corrected chi connectivity index (χ4v) is 2.59. The van der Waals surface area contributed by atoms with Gasteiger partial charge < -0.3 is 18.9 Å². The minimum atomic E-state index is -0.513. The number of carbonyl (C=O) groups is 1.